The molecule has 0 atom stereocenters. The van der Waals surface area contributed by atoms with Crippen molar-refractivity contribution in [3.8, 4) is 0 Å². The zero-order valence-electron chi connectivity index (χ0n) is 7.70. The van der Waals surface area contributed by atoms with Gasteiger partial charge in [0.1, 0.15) is 0 Å². The van der Waals surface area contributed by atoms with Crippen LogP contribution in [-0.2, 0) is 9.53 Å². The zero-order chi connectivity index (χ0) is 10.4. The molecule has 1 aromatic heterocycles. The summed E-state index contributed by atoms with van der Waals surface area (Å²) in [5.41, 5.74) is 0. The molecular weight excluding hydrogens is 313 g/mol. The Hall–Kier alpha value is -0.300. The first-order valence-corrected chi connectivity index (χ1v) is 6.09. The van der Waals surface area contributed by atoms with E-state index in [0.717, 1.165) is 14.2 Å². The minimum absolute atomic E-state index is 0.170. The second-order valence-corrected chi connectivity index (χ2v) is 4.93. The third-order valence-electron chi connectivity index (χ3n) is 1.48. The average molecular weight is 323 g/mol. The average Bonchev–Trinajstić information content (AvgIpc) is 2.17. The van der Waals surface area contributed by atoms with E-state index < -0.39 is 0 Å². The number of nitrogens with zero attached hydrogens (tertiary/aromatic N) is 1. The Morgan fingerprint density at radius 1 is 1.64 bits per heavy atom. The van der Waals surface area contributed by atoms with Crippen molar-refractivity contribution >= 4 is 40.3 Å². The fraction of sp³-hybridized carbons (Fsp3) is 0.333. The second kappa shape index (κ2) is 6.23. The molecule has 14 heavy (non-hydrogen) atoms. The standard InChI is InChI=1S/C9H10INO2S/c1-13-9(12)2-3-14-8-4-7(10)5-11-6-8/h4-6H,2-3H2,1H3. The molecule has 1 aromatic rings. The molecule has 0 N–H and O–H groups in total. The summed E-state index contributed by atoms with van der Waals surface area (Å²) < 4.78 is 5.64. The number of aromatic nitrogens is 1. The van der Waals surface area contributed by atoms with Crippen molar-refractivity contribution in [1.29, 1.82) is 0 Å². The van der Waals surface area contributed by atoms with Crippen LogP contribution in [0.2, 0.25) is 0 Å². The highest BCUT2D eigenvalue weighted by Gasteiger charge is 2.01. The van der Waals surface area contributed by atoms with Crippen molar-refractivity contribution in [1.82, 2.24) is 4.98 Å². The molecular formula is C9H10INO2S. The molecule has 0 unspecified atom stereocenters. The minimum atomic E-state index is -0.170. The predicted octanol–water partition coefficient (Wildman–Crippen LogP) is 2.34. The van der Waals surface area contributed by atoms with Gasteiger partial charge in [0.05, 0.1) is 13.5 Å². The number of halogens is 1. The molecule has 1 rings (SSSR count). The van der Waals surface area contributed by atoms with Crippen LogP contribution >= 0.6 is 34.4 Å². The fourth-order valence-electron chi connectivity index (χ4n) is 0.826. The molecule has 0 bridgehead atoms. The van der Waals surface area contributed by atoms with Crippen LogP contribution < -0.4 is 0 Å². The fourth-order valence-corrected chi connectivity index (χ4v) is 2.38. The van der Waals surface area contributed by atoms with Gasteiger partial charge in [-0.2, -0.15) is 0 Å². The molecule has 0 fully saturated rings. The normalized spacial score (nSPS) is 9.86. The highest BCUT2D eigenvalue weighted by molar-refractivity contribution is 14.1. The molecule has 3 nitrogen and oxygen atoms in total. The monoisotopic (exact) mass is 323 g/mol. The number of hydrogen-bond donors (Lipinski definition) is 0. The van der Waals surface area contributed by atoms with Crippen molar-refractivity contribution in [2.45, 2.75) is 11.3 Å². The lowest BCUT2D eigenvalue weighted by Crippen LogP contribution is -2.00. The number of esters is 1. The van der Waals surface area contributed by atoms with Gasteiger partial charge in [-0.1, -0.05) is 0 Å². The Labute approximate surface area is 101 Å². The van der Waals surface area contributed by atoms with E-state index in [1.807, 2.05) is 6.07 Å². The summed E-state index contributed by atoms with van der Waals surface area (Å²) in [7, 11) is 1.40. The van der Waals surface area contributed by atoms with E-state index >= 15 is 0 Å². The van der Waals surface area contributed by atoms with E-state index in [9.17, 15) is 4.79 Å². The Morgan fingerprint density at radius 3 is 3.07 bits per heavy atom. The van der Waals surface area contributed by atoms with Gasteiger partial charge >= 0.3 is 5.97 Å². The van der Waals surface area contributed by atoms with Gasteiger partial charge in [-0.15, -0.1) is 11.8 Å². The maximum atomic E-state index is 10.8. The topological polar surface area (TPSA) is 39.2 Å². The Morgan fingerprint density at radius 2 is 2.43 bits per heavy atom. The van der Waals surface area contributed by atoms with Crippen molar-refractivity contribution in [2.75, 3.05) is 12.9 Å². The van der Waals surface area contributed by atoms with Crippen LogP contribution in [0.1, 0.15) is 6.42 Å². The lowest BCUT2D eigenvalue weighted by Gasteiger charge is -2.00. The van der Waals surface area contributed by atoms with Crippen LogP contribution in [-0.4, -0.2) is 23.8 Å². The molecule has 0 radical (unpaired) electrons. The maximum absolute atomic E-state index is 10.8. The van der Waals surface area contributed by atoms with Crippen LogP contribution in [0.3, 0.4) is 0 Å². The van der Waals surface area contributed by atoms with E-state index in [4.69, 9.17) is 0 Å². The number of hydrogen-bond acceptors (Lipinski definition) is 4. The molecule has 0 saturated carbocycles. The Balaban J connectivity index is 2.35. The molecule has 0 amide bonds. The molecule has 0 aliphatic heterocycles. The molecule has 0 spiro atoms. The van der Waals surface area contributed by atoms with Crippen molar-refractivity contribution in [3.05, 3.63) is 22.0 Å². The highest BCUT2D eigenvalue weighted by atomic mass is 127. The number of methoxy groups -OCH3 is 1. The van der Waals surface area contributed by atoms with Gasteiger partial charge in [-0.3, -0.25) is 9.78 Å². The first-order chi connectivity index (χ1) is 6.72. The summed E-state index contributed by atoms with van der Waals surface area (Å²) in [5, 5.41) is 0. The molecule has 1 heterocycles. The van der Waals surface area contributed by atoms with Crippen molar-refractivity contribution in [2.24, 2.45) is 0 Å². The Bertz CT molecular complexity index is 319. The number of rotatable bonds is 4. The predicted molar refractivity (Wildman–Crippen MR) is 64.3 cm³/mol. The summed E-state index contributed by atoms with van der Waals surface area (Å²) in [6, 6.07) is 2.04. The van der Waals surface area contributed by atoms with Gasteiger partial charge < -0.3 is 4.74 Å². The van der Waals surface area contributed by atoms with E-state index in [1.54, 1.807) is 24.2 Å². The molecule has 0 aromatic carbocycles. The number of thioether (sulfide) groups is 1. The first-order valence-electron chi connectivity index (χ1n) is 4.02. The summed E-state index contributed by atoms with van der Waals surface area (Å²) in [6.45, 7) is 0. The molecule has 5 heteroatoms. The smallest absolute Gasteiger partial charge is 0.306 e. The third-order valence-corrected chi connectivity index (χ3v) is 3.04. The summed E-state index contributed by atoms with van der Waals surface area (Å²) in [4.78, 5) is 16.0. The molecule has 0 aliphatic carbocycles. The van der Waals surface area contributed by atoms with Gasteiger partial charge in [0, 0.05) is 26.6 Å². The van der Waals surface area contributed by atoms with Crippen LogP contribution in [0.5, 0.6) is 0 Å². The largest absolute Gasteiger partial charge is 0.469 e. The maximum Gasteiger partial charge on any atom is 0.306 e. The van der Waals surface area contributed by atoms with Gasteiger partial charge in [0.15, 0.2) is 0 Å². The number of pyridine rings is 1. The zero-order valence-corrected chi connectivity index (χ0v) is 10.7. The number of carbonyl (C=O) groups excluding carboxylic acids is 1. The number of carbonyl (C=O) groups is 1. The van der Waals surface area contributed by atoms with Crippen molar-refractivity contribution in [3.63, 3.8) is 0 Å². The van der Waals surface area contributed by atoms with Crippen LogP contribution in [0, 0.1) is 3.57 Å². The summed E-state index contributed by atoms with van der Waals surface area (Å²) in [5.74, 6) is 0.560. The van der Waals surface area contributed by atoms with Crippen molar-refractivity contribution < 1.29 is 9.53 Å². The SMILES string of the molecule is COC(=O)CCSc1cncc(I)c1. The lowest BCUT2D eigenvalue weighted by molar-refractivity contribution is -0.140. The molecule has 0 saturated heterocycles. The van der Waals surface area contributed by atoms with E-state index in [1.165, 1.54) is 7.11 Å². The first kappa shape index (κ1) is 11.8. The quantitative estimate of drug-likeness (QED) is 0.484. The molecule has 76 valence electrons. The van der Waals surface area contributed by atoms with Gasteiger partial charge in [-0.25, -0.2) is 0 Å². The second-order valence-electron chi connectivity index (χ2n) is 2.51. The van der Waals surface area contributed by atoms with Crippen LogP contribution in [0.4, 0.5) is 0 Å². The van der Waals surface area contributed by atoms with E-state index in [-0.39, 0.29) is 5.97 Å². The number of ether oxygens (including phenoxy) is 1. The van der Waals surface area contributed by atoms with Crippen LogP contribution in [0.15, 0.2) is 23.4 Å². The van der Waals surface area contributed by atoms with E-state index in [2.05, 4.69) is 32.3 Å². The van der Waals surface area contributed by atoms with Crippen LogP contribution in [0.25, 0.3) is 0 Å². The summed E-state index contributed by atoms with van der Waals surface area (Å²) >= 11 is 3.82. The summed E-state index contributed by atoms with van der Waals surface area (Å²) in [6.07, 6.45) is 4.03. The van der Waals surface area contributed by atoms with Gasteiger partial charge in [-0.05, 0) is 28.7 Å². The third kappa shape index (κ3) is 4.28. The van der Waals surface area contributed by atoms with Gasteiger partial charge in [0.25, 0.3) is 0 Å². The minimum Gasteiger partial charge on any atom is -0.469 e. The van der Waals surface area contributed by atoms with Gasteiger partial charge in [0.2, 0.25) is 0 Å². The van der Waals surface area contributed by atoms with E-state index in [0.29, 0.717) is 6.42 Å². The highest BCUT2D eigenvalue weighted by Crippen LogP contribution is 2.19. The Kier molecular flexibility index (Phi) is 5.24. The molecule has 0 aliphatic rings. The lowest BCUT2D eigenvalue weighted by atomic mass is 10.5.